The van der Waals surface area contributed by atoms with Gasteiger partial charge in [-0.2, -0.15) is 0 Å². The van der Waals surface area contributed by atoms with Crippen molar-refractivity contribution in [2.45, 2.75) is 31.1 Å². The second-order valence-corrected chi connectivity index (χ2v) is 5.83. The van der Waals surface area contributed by atoms with E-state index in [0.717, 1.165) is 0 Å². The zero-order valence-electron chi connectivity index (χ0n) is 8.52. The van der Waals surface area contributed by atoms with E-state index in [1.54, 1.807) is 11.8 Å². The Hall–Kier alpha value is 0.0500. The van der Waals surface area contributed by atoms with Crippen LogP contribution >= 0.6 is 27.7 Å². The molecule has 0 bridgehead atoms. The summed E-state index contributed by atoms with van der Waals surface area (Å²) in [6, 6.07) is 6.57. The van der Waals surface area contributed by atoms with Crippen molar-refractivity contribution in [2.24, 2.45) is 0 Å². The molecule has 0 aliphatic carbocycles. The van der Waals surface area contributed by atoms with Gasteiger partial charge < -0.3 is 0 Å². The molecule has 0 atom stereocenters. The summed E-state index contributed by atoms with van der Waals surface area (Å²) in [6.45, 7) is 6.68. The van der Waals surface area contributed by atoms with Crippen molar-refractivity contribution < 1.29 is 0 Å². The van der Waals surface area contributed by atoms with Crippen LogP contribution in [-0.4, -0.2) is 6.26 Å². The van der Waals surface area contributed by atoms with E-state index >= 15 is 0 Å². The topological polar surface area (TPSA) is 0 Å². The fraction of sp³-hybridized carbons (Fsp3) is 0.455. The van der Waals surface area contributed by atoms with Gasteiger partial charge in [-0.25, -0.2) is 0 Å². The Kier molecular flexibility index (Phi) is 3.47. The highest BCUT2D eigenvalue weighted by atomic mass is 79.9. The van der Waals surface area contributed by atoms with Gasteiger partial charge in [-0.1, -0.05) is 42.8 Å². The van der Waals surface area contributed by atoms with Crippen LogP contribution < -0.4 is 0 Å². The van der Waals surface area contributed by atoms with Crippen LogP contribution in [0.15, 0.2) is 27.6 Å². The van der Waals surface area contributed by atoms with Crippen molar-refractivity contribution in [3.05, 3.63) is 28.2 Å². The highest BCUT2D eigenvalue weighted by Gasteiger charge is 2.16. The van der Waals surface area contributed by atoms with E-state index in [1.807, 2.05) is 0 Å². The minimum Gasteiger partial charge on any atom is -0.130 e. The molecule has 0 nitrogen and oxygen atoms in total. The molecule has 0 unspecified atom stereocenters. The summed E-state index contributed by atoms with van der Waals surface area (Å²) in [5.41, 5.74) is 1.58. The largest absolute Gasteiger partial charge is 0.130 e. The lowest BCUT2D eigenvalue weighted by Gasteiger charge is -2.21. The lowest BCUT2D eigenvalue weighted by atomic mass is 9.87. The average Bonchev–Trinajstić information content (AvgIpc) is 2.01. The summed E-state index contributed by atoms with van der Waals surface area (Å²) >= 11 is 5.38. The Labute approximate surface area is 93.2 Å². The van der Waals surface area contributed by atoms with Crippen molar-refractivity contribution in [1.29, 1.82) is 0 Å². The van der Waals surface area contributed by atoms with Gasteiger partial charge in [0, 0.05) is 9.37 Å². The summed E-state index contributed by atoms with van der Waals surface area (Å²) in [5, 5.41) is 0. The van der Waals surface area contributed by atoms with E-state index in [0.29, 0.717) is 0 Å². The summed E-state index contributed by atoms with van der Waals surface area (Å²) in [5.74, 6) is 0. The van der Waals surface area contributed by atoms with Crippen LogP contribution in [0.2, 0.25) is 0 Å². The van der Waals surface area contributed by atoms with Crippen molar-refractivity contribution in [3.63, 3.8) is 0 Å². The molecule has 0 aliphatic rings. The van der Waals surface area contributed by atoms with Crippen molar-refractivity contribution >= 4 is 27.7 Å². The number of thioether (sulfide) groups is 1. The number of hydrogen-bond acceptors (Lipinski definition) is 1. The van der Waals surface area contributed by atoms with Gasteiger partial charge in [0.15, 0.2) is 0 Å². The van der Waals surface area contributed by atoms with Crippen LogP contribution in [-0.2, 0) is 5.41 Å². The second kappa shape index (κ2) is 4.05. The molecule has 0 heterocycles. The van der Waals surface area contributed by atoms with Gasteiger partial charge in [-0.3, -0.25) is 0 Å². The van der Waals surface area contributed by atoms with Crippen LogP contribution in [0.3, 0.4) is 0 Å². The molecule has 1 rings (SSSR count). The van der Waals surface area contributed by atoms with Gasteiger partial charge in [-0.05, 0) is 29.4 Å². The number of benzene rings is 1. The SMILES string of the molecule is CSc1ccc(C(C)(C)C)c(Br)c1. The Morgan fingerprint density at radius 1 is 1.23 bits per heavy atom. The van der Waals surface area contributed by atoms with E-state index in [9.17, 15) is 0 Å². The van der Waals surface area contributed by atoms with Gasteiger partial charge in [0.25, 0.3) is 0 Å². The molecular formula is C11H15BrS. The first-order valence-corrected chi connectivity index (χ1v) is 6.31. The molecule has 0 aromatic heterocycles. The molecule has 1 aromatic rings. The minimum absolute atomic E-state index is 0.218. The predicted octanol–water partition coefficient (Wildman–Crippen LogP) is 4.47. The van der Waals surface area contributed by atoms with Gasteiger partial charge >= 0.3 is 0 Å². The maximum absolute atomic E-state index is 3.61. The Balaban J connectivity index is 3.13. The first-order chi connectivity index (χ1) is 5.95. The Bertz CT molecular complexity index is 299. The highest BCUT2D eigenvalue weighted by Crippen LogP contribution is 2.32. The molecule has 0 saturated carbocycles. The van der Waals surface area contributed by atoms with E-state index in [1.165, 1.54) is 14.9 Å². The van der Waals surface area contributed by atoms with Gasteiger partial charge in [-0.15, -0.1) is 11.8 Å². The molecule has 0 aliphatic heterocycles. The predicted molar refractivity (Wildman–Crippen MR) is 64.6 cm³/mol. The maximum atomic E-state index is 3.61. The fourth-order valence-electron chi connectivity index (χ4n) is 1.23. The second-order valence-electron chi connectivity index (χ2n) is 4.10. The van der Waals surface area contributed by atoms with Gasteiger partial charge in [0.1, 0.15) is 0 Å². The third kappa shape index (κ3) is 2.75. The quantitative estimate of drug-likeness (QED) is 0.670. The number of halogens is 1. The lowest BCUT2D eigenvalue weighted by molar-refractivity contribution is 0.586. The molecule has 0 N–H and O–H groups in total. The first kappa shape index (κ1) is 11.1. The van der Waals surface area contributed by atoms with Crippen molar-refractivity contribution in [1.82, 2.24) is 0 Å². The third-order valence-corrected chi connectivity index (χ3v) is 3.37. The zero-order valence-corrected chi connectivity index (χ0v) is 10.9. The van der Waals surface area contributed by atoms with E-state index in [-0.39, 0.29) is 5.41 Å². The molecule has 2 heteroatoms. The summed E-state index contributed by atoms with van der Waals surface area (Å²) < 4.78 is 1.21. The van der Waals surface area contributed by atoms with Crippen LogP contribution in [0, 0.1) is 0 Å². The van der Waals surface area contributed by atoms with Crippen molar-refractivity contribution in [3.8, 4) is 0 Å². The molecule has 72 valence electrons. The summed E-state index contributed by atoms with van der Waals surface area (Å²) in [7, 11) is 0. The molecule has 13 heavy (non-hydrogen) atoms. The smallest absolute Gasteiger partial charge is 0.0223 e. The molecule has 0 saturated heterocycles. The zero-order chi connectivity index (χ0) is 10.1. The van der Waals surface area contributed by atoms with Crippen molar-refractivity contribution in [2.75, 3.05) is 6.26 Å². The Morgan fingerprint density at radius 2 is 1.85 bits per heavy atom. The monoisotopic (exact) mass is 258 g/mol. The lowest BCUT2D eigenvalue weighted by Crippen LogP contribution is -2.11. The van der Waals surface area contributed by atoms with Gasteiger partial charge in [0.2, 0.25) is 0 Å². The maximum Gasteiger partial charge on any atom is 0.0223 e. The normalized spacial score (nSPS) is 11.8. The third-order valence-electron chi connectivity index (χ3n) is 1.98. The van der Waals surface area contributed by atoms with Crippen LogP contribution in [0.25, 0.3) is 0 Å². The molecular weight excluding hydrogens is 244 g/mol. The number of hydrogen-bond donors (Lipinski definition) is 0. The van der Waals surface area contributed by atoms with E-state index in [4.69, 9.17) is 0 Å². The standard InChI is InChI=1S/C11H15BrS/c1-11(2,3)9-6-5-8(13-4)7-10(9)12/h5-7H,1-4H3. The molecule has 0 spiro atoms. The fourth-order valence-corrected chi connectivity index (χ4v) is 2.80. The molecule has 0 radical (unpaired) electrons. The molecule has 0 fully saturated rings. The van der Waals surface area contributed by atoms with E-state index < -0.39 is 0 Å². The Morgan fingerprint density at radius 3 is 2.23 bits per heavy atom. The van der Waals surface area contributed by atoms with Gasteiger partial charge in [0.05, 0.1) is 0 Å². The van der Waals surface area contributed by atoms with E-state index in [2.05, 4.69) is 61.2 Å². The first-order valence-electron chi connectivity index (χ1n) is 4.29. The highest BCUT2D eigenvalue weighted by molar-refractivity contribution is 9.10. The van der Waals surface area contributed by atoms with Crippen LogP contribution in [0.4, 0.5) is 0 Å². The minimum atomic E-state index is 0.218. The van der Waals surface area contributed by atoms with Crippen LogP contribution in [0.5, 0.6) is 0 Å². The molecule has 0 amide bonds. The number of rotatable bonds is 1. The molecule has 1 aromatic carbocycles. The average molecular weight is 259 g/mol. The summed E-state index contributed by atoms with van der Waals surface area (Å²) in [4.78, 5) is 1.31. The summed E-state index contributed by atoms with van der Waals surface area (Å²) in [6.07, 6.45) is 2.10. The van der Waals surface area contributed by atoms with Crippen LogP contribution in [0.1, 0.15) is 26.3 Å².